The van der Waals surface area contributed by atoms with Crippen molar-refractivity contribution in [2.75, 3.05) is 6.61 Å². The van der Waals surface area contributed by atoms with Crippen LogP contribution in [-0.2, 0) is 9.53 Å². The smallest absolute Gasteiger partial charge is 0.384 e. The zero-order valence-corrected chi connectivity index (χ0v) is 8.03. The molecule has 5 heteroatoms. The maximum absolute atomic E-state index is 10.8. The molecule has 1 rings (SSSR count). The average Bonchev–Trinajstić information content (AvgIpc) is 2.20. The molecule has 78 valence electrons. The fourth-order valence-corrected chi connectivity index (χ4v) is 0.834. The Morgan fingerprint density at radius 2 is 2.40 bits per heavy atom. The zero-order valence-electron chi connectivity index (χ0n) is 8.03. The molecule has 0 atom stereocenters. The number of pyridine rings is 1. The SMILES string of the molecule is CCOC(=O)C#Cc1c[nH]c(=O)c(O)c1. The van der Waals surface area contributed by atoms with Crippen LogP contribution < -0.4 is 5.56 Å². The Hall–Kier alpha value is -2.22. The minimum absolute atomic E-state index is 0.254. The number of ether oxygens (including phenoxy) is 1. The summed E-state index contributed by atoms with van der Waals surface area (Å²) in [6, 6.07) is 1.17. The molecule has 0 saturated heterocycles. The highest BCUT2D eigenvalue weighted by Gasteiger charge is 1.97. The number of carbonyl (C=O) groups is 1. The van der Waals surface area contributed by atoms with E-state index in [0.717, 1.165) is 0 Å². The van der Waals surface area contributed by atoms with Crippen molar-refractivity contribution >= 4 is 5.97 Å². The number of aromatic hydroxyl groups is 1. The van der Waals surface area contributed by atoms with Crippen molar-refractivity contribution in [2.24, 2.45) is 0 Å². The van der Waals surface area contributed by atoms with Gasteiger partial charge >= 0.3 is 5.97 Å². The second-order valence-electron chi connectivity index (χ2n) is 2.57. The maximum atomic E-state index is 10.8. The van der Waals surface area contributed by atoms with Crippen LogP contribution in [0.5, 0.6) is 5.75 Å². The average molecular weight is 207 g/mol. The van der Waals surface area contributed by atoms with Crippen molar-refractivity contribution in [3.05, 3.63) is 28.2 Å². The van der Waals surface area contributed by atoms with Gasteiger partial charge in [0.05, 0.1) is 6.61 Å². The number of hydrogen-bond donors (Lipinski definition) is 2. The Bertz CT molecular complexity index is 478. The van der Waals surface area contributed by atoms with Gasteiger partial charge in [0.1, 0.15) is 0 Å². The minimum atomic E-state index is -0.650. The first-order valence-electron chi connectivity index (χ1n) is 4.24. The summed E-state index contributed by atoms with van der Waals surface area (Å²) >= 11 is 0. The number of aromatic amines is 1. The van der Waals surface area contributed by atoms with Gasteiger partial charge in [0, 0.05) is 23.7 Å². The molecule has 0 aliphatic heterocycles. The van der Waals surface area contributed by atoms with Gasteiger partial charge in [-0.25, -0.2) is 4.79 Å². The van der Waals surface area contributed by atoms with Gasteiger partial charge in [0.15, 0.2) is 5.75 Å². The molecule has 1 aromatic heterocycles. The van der Waals surface area contributed by atoms with E-state index in [4.69, 9.17) is 5.11 Å². The normalized spacial score (nSPS) is 8.87. The van der Waals surface area contributed by atoms with Gasteiger partial charge in [-0.15, -0.1) is 0 Å². The number of H-pyrrole nitrogens is 1. The maximum Gasteiger partial charge on any atom is 0.384 e. The summed E-state index contributed by atoms with van der Waals surface area (Å²) in [5, 5.41) is 9.04. The highest BCUT2D eigenvalue weighted by Crippen LogP contribution is 2.01. The lowest BCUT2D eigenvalue weighted by Gasteiger charge is -1.92. The standard InChI is InChI=1S/C10H9NO4/c1-2-15-9(13)4-3-7-5-8(12)10(14)11-6-7/h5-6,12H,2H2,1H3,(H,11,14). The largest absolute Gasteiger partial charge is 0.503 e. The van der Waals surface area contributed by atoms with Gasteiger partial charge in [-0.05, 0) is 6.92 Å². The van der Waals surface area contributed by atoms with E-state index < -0.39 is 17.3 Å². The number of carbonyl (C=O) groups excluding carboxylic acids is 1. The van der Waals surface area contributed by atoms with Gasteiger partial charge in [-0.2, -0.15) is 0 Å². The van der Waals surface area contributed by atoms with Crippen molar-refractivity contribution in [2.45, 2.75) is 6.92 Å². The van der Waals surface area contributed by atoms with Crippen LogP contribution in [0.15, 0.2) is 17.1 Å². The molecule has 15 heavy (non-hydrogen) atoms. The third kappa shape index (κ3) is 3.19. The molecule has 2 N–H and O–H groups in total. The molecule has 0 aromatic carbocycles. The Morgan fingerprint density at radius 1 is 1.67 bits per heavy atom. The van der Waals surface area contributed by atoms with Gasteiger partial charge in [-0.1, -0.05) is 5.92 Å². The van der Waals surface area contributed by atoms with E-state index in [0.29, 0.717) is 5.56 Å². The third-order valence-corrected chi connectivity index (χ3v) is 1.47. The molecule has 0 aliphatic rings. The number of nitrogens with one attached hydrogen (secondary N) is 1. The predicted molar refractivity (Wildman–Crippen MR) is 52.2 cm³/mol. The van der Waals surface area contributed by atoms with Crippen LogP contribution in [0.2, 0.25) is 0 Å². The molecular formula is C10H9NO4. The van der Waals surface area contributed by atoms with Gasteiger partial charge < -0.3 is 14.8 Å². The predicted octanol–water partition coefficient (Wildman–Crippen LogP) is -0.00490. The third-order valence-electron chi connectivity index (χ3n) is 1.47. The van der Waals surface area contributed by atoms with Crippen LogP contribution in [0.3, 0.4) is 0 Å². The summed E-state index contributed by atoms with van der Waals surface area (Å²) in [7, 11) is 0. The Kier molecular flexibility index (Phi) is 3.52. The van der Waals surface area contributed by atoms with Crippen molar-refractivity contribution in [1.82, 2.24) is 4.98 Å². The molecular weight excluding hydrogens is 198 g/mol. The van der Waals surface area contributed by atoms with E-state index in [-0.39, 0.29) is 6.61 Å². The van der Waals surface area contributed by atoms with Crippen molar-refractivity contribution in [3.8, 4) is 17.6 Å². The molecule has 1 aromatic rings. The van der Waals surface area contributed by atoms with Crippen molar-refractivity contribution in [1.29, 1.82) is 0 Å². The number of rotatable bonds is 1. The molecule has 0 unspecified atom stereocenters. The lowest BCUT2D eigenvalue weighted by molar-refractivity contribution is -0.136. The number of esters is 1. The second kappa shape index (κ2) is 4.86. The summed E-state index contributed by atoms with van der Waals surface area (Å²) in [5.41, 5.74) is -0.267. The van der Waals surface area contributed by atoms with E-state index in [2.05, 4.69) is 21.6 Å². The van der Waals surface area contributed by atoms with E-state index in [1.807, 2.05) is 0 Å². The highest BCUT2D eigenvalue weighted by molar-refractivity contribution is 5.89. The quantitative estimate of drug-likeness (QED) is 0.501. The fraction of sp³-hybridized carbons (Fsp3) is 0.200. The van der Waals surface area contributed by atoms with Gasteiger partial charge in [0.2, 0.25) is 0 Å². The number of hydrogen-bond acceptors (Lipinski definition) is 4. The molecule has 0 amide bonds. The molecule has 5 nitrogen and oxygen atoms in total. The molecule has 0 saturated carbocycles. The first-order valence-corrected chi connectivity index (χ1v) is 4.24. The zero-order chi connectivity index (χ0) is 11.3. The molecule has 1 heterocycles. The molecule has 0 aliphatic carbocycles. The van der Waals surface area contributed by atoms with E-state index in [1.165, 1.54) is 12.3 Å². The summed E-state index contributed by atoms with van der Waals surface area (Å²) in [4.78, 5) is 23.9. The van der Waals surface area contributed by atoms with E-state index in [1.54, 1.807) is 6.92 Å². The second-order valence-corrected chi connectivity index (χ2v) is 2.57. The van der Waals surface area contributed by atoms with Crippen LogP contribution in [0.4, 0.5) is 0 Å². The van der Waals surface area contributed by atoms with Crippen LogP contribution >= 0.6 is 0 Å². The van der Waals surface area contributed by atoms with Crippen LogP contribution in [0.25, 0.3) is 0 Å². The Morgan fingerprint density at radius 3 is 3.00 bits per heavy atom. The summed E-state index contributed by atoms with van der Waals surface area (Å²) in [6.45, 7) is 1.93. The lowest BCUT2D eigenvalue weighted by Crippen LogP contribution is -2.04. The lowest BCUT2D eigenvalue weighted by atomic mass is 10.3. The van der Waals surface area contributed by atoms with Crippen LogP contribution in [0, 0.1) is 11.8 Å². The molecule has 0 bridgehead atoms. The van der Waals surface area contributed by atoms with Crippen molar-refractivity contribution in [3.63, 3.8) is 0 Å². The fourth-order valence-electron chi connectivity index (χ4n) is 0.834. The van der Waals surface area contributed by atoms with Crippen LogP contribution in [0.1, 0.15) is 12.5 Å². The number of aromatic nitrogens is 1. The topological polar surface area (TPSA) is 79.4 Å². The summed E-state index contributed by atoms with van der Waals surface area (Å²) < 4.78 is 4.57. The summed E-state index contributed by atoms with van der Waals surface area (Å²) in [6.07, 6.45) is 1.30. The van der Waals surface area contributed by atoms with E-state index in [9.17, 15) is 9.59 Å². The molecule has 0 spiro atoms. The monoisotopic (exact) mass is 207 g/mol. The Labute approximate surface area is 85.7 Å². The first-order chi connectivity index (χ1) is 7.13. The molecule has 0 fully saturated rings. The minimum Gasteiger partial charge on any atom is -0.503 e. The van der Waals surface area contributed by atoms with Gasteiger partial charge in [-0.3, -0.25) is 4.79 Å². The van der Waals surface area contributed by atoms with Gasteiger partial charge in [0.25, 0.3) is 5.56 Å². The van der Waals surface area contributed by atoms with Crippen LogP contribution in [-0.4, -0.2) is 22.7 Å². The van der Waals surface area contributed by atoms with E-state index >= 15 is 0 Å². The Balaban J connectivity index is 2.85. The summed E-state index contributed by atoms with van der Waals surface area (Å²) in [5.74, 6) is 3.56. The molecule has 0 radical (unpaired) electrons. The first kappa shape index (κ1) is 10.9. The highest BCUT2D eigenvalue weighted by atomic mass is 16.5. The van der Waals surface area contributed by atoms with Crippen molar-refractivity contribution < 1.29 is 14.6 Å².